The summed E-state index contributed by atoms with van der Waals surface area (Å²) in [5, 5.41) is 0. The van der Waals surface area contributed by atoms with Crippen molar-refractivity contribution in [3.8, 4) is 0 Å². The lowest BCUT2D eigenvalue weighted by Crippen LogP contribution is -2.39. The second-order valence-electron chi connectivity index (χ2n) is 13.1. The number of likely N-dealkylation sites (tertiary alicyclic amines) is 1. The number of ether oxygens (including phenoxy) is 1. The molecule has 270 valence electrons. The number of nitrogens with zero attached hydrogens (tertiary/aromatic N) is 2. The fraction of sp³-hybridized carbons (Fsp3) is 0.500. The van der Waals surface area contributed by atoms with Crippen LogP contribution in [0.3, 0.4) is 0 Å². The van der Waals surface area contributed by atoms with Crippen LogP contribution in [0.1, 0.15) is 92.8 Å². The Labute approximate surface area is 287 Å². The molecule has 7 nitrogen and oxygen atoms in total. The van der Waals surface area contributed by atoms with Gasteiger partial charge in [0, 0.05) is 25.2 Å². The minimum atomic E-state index is -4.61. The lowest BCUT2D eigenvalue weighted by atomic mass is 9.92. The van der Waals surface area contributed by atoms with E-state index in [4.69, 9.17) is 10.5 Å². The predicted octanol–water partition coefficient (Wildman–Crippen LogP) is 7.96. The highest BCUT2D eigenvalue weighted by molar-refractivity contribution is 5.80. The molecule has 3 rings (SSSR count). The van der Waals surface area contributed by atoms with Gasteiger partial charge in [-0.3, -0.25) is 14.4 Å². The first-order valence-electron chi connectivity index (χ1n) is 16.6. The second-order valence-corrected chi connectivity index (χ2v) is 13.1. The Hall–Kier alpha value is -3.99. The van der Waals surface area contributed by atoms with Gasteiger partial charge in [-0.2, -0.15) is 13.2 Å². The smallest absolute Gasteiger partial charge is 0.416 e. The standard InChI is InChI=1S/C21H27FO2.C17H24F3N3O2/c1-7-24-20(23)9-8-19(22)13-18(10-14(2)3)21-16(5)11-15(4)12-17(21)6;1-11(2)8-14(16(21)25)23-10-12(4-7-22-5-3-6-22)13(9-15(23)24)17(18,19)20/h10-13H,2,7-9H2,1,3-6H3;9-11,14H,3-8H2,1-2H3,(H2,21,25)/b18-10+,19-13-;. The number of hydrogen-bond donors (Lipinski definition) is 1. The molecule has 1 aromatic heterocycles. The van der Waals surface area contributed by atoms with Crippen LogP contribution in [0.2, 0.25) is 0 Å². The van der Waals surface area contributed by atoms with Crippen LogP contribution in [0.5, 0.6) is 0 Å². The van der Waals surface area contributed by atoms with Crippen molar-refractivity contribution in [1.29, 1.82) is 0 Å². The Bertz CT molecular complexity index is 1580. The van der Waals surface area contributed by atoms with E-state index in [2.05, 4.69) is 23.6 Å². The summed E-state index contributed by atoms with van der Waals surface area (Å²) < 4.78 is 60.1. The average Bonchev–Trinajstić information content (AvgIpc) is 2.93. The van der Waals surface area contributed by atoms with Gasteiger partial charge in [0.15, 0.2) is 0 Å². The molecule has 2 N–H and O–H groups in total. The van der Waals surface area contributed by atoms with Crippen molar-refractivity contribution in [2.45, 2.75) is 92.8 Å². The number of rotatable bonds is 14. The molecular weight excluding hydrogens is 638 g/mol. The van der Waals surface area contributed by atoms with Gasteiger partial charge in [-0.1, -0.05) is 49.8 Å². The molecule has 0 aliphatic carbocycles. The molecule has 1 aliphatic heterocycles. The molecule has 0 radical (unpaired) electrons. The minimum absolute atomic E-state index is 0.0222. The number of amides is 1. The summed E-state index contributed by atoms with van der Waals surface area (Å²) in [7, 11) is 0. The number of halogens is 4. The molecule has 1 amide bonds. The van der Waals surface area contributed by atoms with Gasteiger partial charge in [0.1, 0.15) is 11.9 Å². The number of carbonyl (C=O) groups excluding carboxylic acids is 2. The van der Waals surface area contributed by atoms with Crippen molar-refractivity contribution in [1.82, 2.24) is 9.47 Å². The summed E-state index contributed by atoms with van der Waals surface area (Å²) in [6.45, 7) is 19.9. The molecule has 49 heavy (non-hydrogen) atoms. The molecule has 2 aromatic rings. The number of allylic oxidation sites excluding steroid dienone is 5. The Morgan fingerprint density at radius 3 is 2.14 bits per heavy atom. The second kappa shape index (κ2) is 18.7. The van der Waals surface area contributed by atoms with Crippen molar-refractivity contribution in [2.75, 3.05) is 26.2 Å². The van der Waals surface area contributed by atoms with Gasteiger partial charge >= 0.3 is 12.1 Å². The van der Waals surface area contributed by atoms with Crippen LogP contribution in [0.4, 0.5) is 17.6 Å². The third kappa shape index (κ3) is 13.1. The number of pyridine rings is 1. The maximum Gasteiger partial charge on any atom is 0.416 e. The van der Waals surface area contributed by atoms with E-state index in [0.717, 1.165) is 51.9 Å². The molecular formula is C38H51F4N3O4. The van der Waals surface area contributed by atoms with E-state index in [-0.39, 0.29) is 42.5 Å². The van der Waals surface area contributed by atoms with E-state index in [0.29, 0.717) is 25.6 Å². The number of aryl methyl sites for hydroxylation is 3. The largest absolute Gasteiger partial charge is 0.466 e. The number of nitrogens with two attached hydrogens (primary N) is 1. The molecule has 0 bridgehead atoms. The molecule has 0 spiro atoms. The highest BCUT2D eigenvalue weighted by atomic mass is 19.4. The van der Waals surface area contributed by atoms with Crippen LogP contribution in [-0.4, -0.2) is 47.6 Å². The van der Waals surface area contributed by atoms with Crippen LogP contribution < -0.4 is 11.3 Å². The number of carbonyl (C=O) groups is 2. The number of hydrogen-bond acceptors (Lipinski definition) is 5. The molecule has 1 aliphatic rings. The minimum Gasteiger partial charge on any atom is -0.466 e. The number of benzene rings is 1. The maximum atomic E-state index is 14.3. The lowest BCUT2D eigenvalue weighted by molar-refractivity contribution is -0.143. The van der Waals surface area contributed by atoms with E-state index < -0.39 is 29.2 Å². The fourth-order valence-corrected chi connectivity index (χ4v) is 5.78. The van der Waals surface area contributed by atoms with Crippen LogP contribution in [0.25, 0.3) is 5.57 Å². The van der Waals surface area contributed by atoms with Gasteiger partial charge < -0.3 is 19.9 Å². The molecule has 1 atom stereocenters. The van der Waals surface area contributed by atoms with E-state index in [1.807, 2.05) is 47.6 Å². The number of aromatic nitrogens is 1. The monoisotopic (exact) mass is 689 g/mol. The first-order valence-corrected chi connectivity index (χ1v) is 16.6. The summed E-state index contributed by atoms with van der Waals surface area (Å²) in [4.78, 5) is 37.4. The number of esters is 1. The zero-order valence-electron chi connectivity index (χ0n) is 29.8. The van der Waals surface area contributed by atoms with Crippen molar-refractivity contribution in [3.63, 3.8) is 0 Å². The summed E-state index contributed by atoms with van der Waals surface area (Å²) in [6, 6.07) is 3.80. The summed E-state index contributed by atoms with van der Waals surface area (Å²) in [5.41, 5.74) is 9.61. The topological polar surface area (TPSA) is 94.6 Å². The third-order valence-corrected chi connectivity index (χ3v) is 8.03. The van der Waals surface area contributed by atoms with Gasteiger partial charge in [-0.25, -0.2) is 4.39 Å². The summed E-state index contributed by atoms with van der Waals surface area (Å²) in [6.07, 6.45) is 1.52. The van der Waals surface area contributed by atoms with Crippen LogP contribution in [0.15, 0.2) is 59.3 Å². The Balaban J connectivity index is 0.000000341. The lowest BCUT2D eigenvalue weighted by Gasteiger charge is -2.31. The van der Waals surface area contributed by atoms with Gasteiger partial charge in [-0.15, -0.1) is 0 Å². The molecule has 11 heteroatoms. The number of alkyl halides is 3. The van der Waals surface area contributed by atoms with E-state index in [1.165, 1.54) is 17.8 Å². The highest BCUT2D eigenvalue weighted by Crippen LogP contribution is 2.32. The molecule has 1 aromatic carbocycles. The molecule has 1 unspecified atom stereocenters. The van der Waals surface area contributed by atoms with Crippen LogP contribution >= 0.6 is 0 Å². The van der Waals surface area contributed by atoms with Crippen LogP contribution in [0, 0.1) is 26.7 Å². The fourth-order valence-electron chi connectivity index (χ4n) is 5.78. The number of primary amides is 1. The molecule has 0 saturated carbocycles. The van der Waals surface area contributed by atoms with Gasteiger partial charge in [-0.05, 0) is 107 Å². The molecule has 2 heterocycles. The Morgan fingerprint density at radius 1 is 1.06 bits per heavy atom. The van der Waals surface area contributed by atoms with Gasteiger partial charge in [0.25, 0.3) is 5.56 Å². The Kier molecular flexibility index (Phi) is 15.7. The molecule has 1 saturated heterocycles. The van der Waals surface area contributed by atoms with E-state index in [9.17, 15) is 31.9 Å². The first kappa shape index (κ1) is 41.2. The van der Waals surface area contributed by atoms with Crippen molar-refractivity contribution >= 4 is 17.4 Å². The maximum absolute atomic E-state index is 14.3. The zero-order chi connectivity index (χ0) is 37.1. The quantitative estimate of drug-likeness (QED) is 0.123. The van der Waals surface area contributed by atoms with E-state index in [1.54, 1.807) is 6.92 Å². The average molecular weight is 690 g/mol. The first-order chi connectivity index (χ1) is 22.8. The predicted molar refractivity (Wildman–Crippen MR) is 187 cm³/mol. The third-order valence-electron chi connectivity index (χ3n) is 8.03. The van der Waals surface area contributed by atoms with Crippen molar-refractivity contribution in [2.24, 2.45) is 11.7 Å². The zero-order valence-corrected chi connectivity index (χ0v) is 29.8. The van der Waals surface area contributed by atoms with Crippen LogP contribution in [-0.2, 0) is 26.9 Å². The normalized spacial score (nSPS) is 14.5. The van der Waals surface area contributed by atoms with Crippen molar-refractivity contribution in [3.05, 3.63) is 98.3 Å². The van der Waals surface area contributed by atoms with Crippen molar-refractivity contribution < 1.29 is 31.9 Å². The van der Waals surface area contributed by atoms with E-state index >= 15 is 0 Å². The highest BCUT2D eigenvalue weighted by Gasteiger charge is 2.35. The van der Waals surface area contributed by atoms with Gasteiger partial charge in [0.05, 0.1) is 18.6 Å². The summed E-state index contributed by atoms with van der Waals surface area (Å²) in [5.74, 6) is -1.37. The SMILES string of the molecule is C=C(C)/C=C(\C=C(/F)CCC(=O)OCC)c1c(C)cc(C)cc1C.CC(C)CC(C(N)=O)n1cc(CCN2CCC2)c(C(F)(F)F)cc1=O. The Morgan fingerprint density at radius 2 is 1.67 bits per heavy atom. The van der Waals surface area contributed by atoms with Gasteiger partial charge in [0.2, 0.25) is 5.91 Å². The molecule has 1 fully saturated rings. The summed E-state index contributed by atoms with van der Waals surface area (Å²) >= 11 is 0.